The van der Waals surface area contributed by atoms with Crippen LogP contribution in [0.4, 0.5) is 0 Å². The van der Waals surface area contributed by atoms with Crippen LogP contribution in [-0.2, 0) is 15.1 Å². The van der Waals surface area contributed by atoms with Crippen molar-refractivity contribution in [1.82, 2.24) is 0 Å². The summed E-state index contributed by atoms with van der Waals surface area (Å²) in [5.41, 5.74) is -2.21. The van der Waals surface area contributed by atoms with Crippen molar-refractivity contribution >= 4 is 35.3 Å². The summed E-state index contributed by atoms with van der Waals surface area (Å²) < 4.78 is 30.5. The number of benzene rings is 3. The first-order valence-corrected chi connectivity index (χ1v) is 19.1. The Labute approximate surface area is 341 Å². The van der Waals surface area contributed by atoms with Crippen LogP contribution in [0, 0.1) is 5.41 Å². The molecule has 1 aliphatic carbocycles. The van der Waals surface area contributed by atoms with Gasteiger partial charge in [0, 0.05) is 24.3 Å². The Morgan fingerprint density at radius 1 is 1.03 bits per heavy atom. The molecular formula is C42H42N4O14. The highest BCUT2D eigenvalue weighted by Crippen LogP contribution is 2.55. The van der Waals surface area contributed by atoms with E-state index in [1.165, 1.54) is 42.8 Å². The van der Waals surface area contributed by atoms with E-state index in [4.69, 9.17) is 29.1 Å². The number of nitrogens with one attached hydrogen (secondary N) is 1. The number of carboxylic acids is 1. The minimum absolute atomic E-state index is 0.0284. The van der Waals surface area contributed by atoms with Crippen molar-refractivity contribution in [1.29, 1.82) is 5.41 Å². The Balaban J connectivity index is 1.12. The molecule has 4 aliphatic heterocycles. The molecule has 3 aromatic carbocycles. The summed E-state index contributed by atoms with van der Waals surface area (Å²) >= 11 is 0. The van der Waals surface area contributed by atoms with Crippen molar-refractivity contribution in [2.45, 2.75) is 80.1 Å². The average Bonchev–Trinajstić information content (AvgIpc) is 4.02. The molecule has 2 fully saturated rings. The zero-order chi connectivity index (χ0) is 42.3. The molecule has 0 radical (unpaired) electrons. The second-order valence-electron chi connectivity index (χ2n) is 15.1. The molecule has 18 nitrogen and oxygen atoms in total. The minimum atomic E-state index is -2.56. The maximum atomic E-state index is 12.5. The summed E-state index contributed by atoms with van der Waals surface area (Å²) in [5, 5.41) is 96.1. The number of aliphatic hydroxyl groups excluding tert-OH is 4. The van der Waals surface area contributed by atoms with Crippen LogP contribution in [0.2, 0.25) is 0 Å². The van der Waals surface area contributed by atoms with Gasteiger partial charge in [0.05, 0.1) is 12.3 Å². The second kappa shape index (κ2) is 16.0. The van der Waals surface area contributed by atoms with Gasteiger partial charge in [-0.1, -0.05) is 24.3 Å². The Morgan fingerprint density at radius 2 is 1.80 bits per heavy atom. The third kappa shape index (κ3) is 7.66. The van der Waals surface area contributed by atoms with Crippen molar-refractivity contribution in [3.63, 3.8) is 0 Å². The molecule has 1 saturated carbocycles. The number of amidine groups is 1. The van der Waals surface area contributed by atoms with E-state index in [0.29, 0.717) is 48.3 Å². The Bertz CT molecular complexity index is 2340. The number of rotatable bonds is 13. The number of hydrogen-bond acceptors (Lipinski definition) is 16. The standard InChI is InChI=1S/C42H42N4O14/c43-32-11-10-26(46-32)28(49)19-56-25-8-6-21(7-9-25)29-15-27(48)33-30(57-29)16-31(36(34(33)50)60-41(12-1-2-13-41)22-4-3-5-24(47)14-22)58-40-35(51)37(52)42(55,38(59-40)39(53)54)17-23-18-44-20-45-23/h3-11,14-16,20,28-29,35,37-38,40,43,47-52,55H,1-2,12-13,17-19H2,(H,53,54). The van der Waals surface area contributed by atoms with E-state index >= 15 is 0 Å². The van der Waals surface area contributed by atoms with Gasteiger partial charge in [-0.25, -0.2) is 14.8 Å². The van der Waals surface area contributed by atoms with Crippen molar-refractivity contribution in [3.8, 4) is 34.5 Å². The van der Waals surface area contributed by atoms with Gasteiger partial charge in [-0.15, -0.1) is 0 Å². The number of nitrogens with zero attached hydrogens (tertiary/aromatic N) is 3. The van der Waals surface area contributed by atoms with Gasteiger partial charge >= 0.3 is 5.97 Å². The molecule has 0 aromatic heterocycles. The molecule has 4 heterocycles. The highest BCUT2D eigenvalue weighted by molar-refractivity contribution is 6.15. The maximum absolute atomic E-state index is 12.5. The van der Waals surface area contributed by atoms with Gasteiger partial charge in [0.1, 0.15) is 83.0 Å². The van der Waals surface area contributed by atoms with Crippen LogP contribution in [0.1, 0.15) is 54.9 Å². The van der Waals surface area contributed by atoms with Crippen LogP contribution in [0.5, 0.6) is 34.5 Å². The number of ether oxygens (including phenoxy) is 5. The third-order valence-electron chi connectivity index (χ3n) is 11.1. The SMILES string of the molecule is N=C1C=CC(C(O)COc2ccc(C3C=C(O)c4c(cc(OC5OC(C(=O)O)C(O)(CC6=NC=NC6)C(O)C5O)c(OC5(c6cccc(O)c6)CCCC5)c4O)O3)cc2)=N1. The Hall–Kier alpha value is -6.31. The smallest absolute Gasteiger partial charge is 0.336 e. The van der Waals surface area contributed by atoms with E-state index in [-0.39, 0.29) is 53.3 Å². The van der Waals surface area contributed by atoms with Gasteiger partial charge in [0.2, 0.25) is 12.0 Å². The highest BCUT2D eigenvalue weighted by atomic mass is 16.7. The predicted molar refractivity (Wildman–Crippen MR) is 213 cm³/mol. The quantitative estimate of drug-likeness (QED) is 0.120. The summed E-state index contributed by atoms with van der Waals surface area (Å²) in [4.78, 5) is 24.4. The van der Waals surface area contributed by atoms with Crippen molar-refractivity contribution in [3.05, 3.63) is 89.5 Å². The monoisotopic (exact) mass is 826 g/mol. The Kier molecular flexibility index (Phi) is 10.8. The molecule has 0 amide bonds. The van der Waals surface area contributed by atoms with E-state index < -0.39 is 71.9 Å². The van der Waals surface area contributed by atoms with E-state index in [1.54, 1.807) is 36.4 Å². The molecule has 7 unspecified atom stereocenters. The van der Waals surface area contributed by atoms with Crippen LogP contribution >= 0.6 is 0 Å². The number of aliphatic imine (C=N–C) groups is 3. The van der Waals surface area contributed by atoms with E-state index in [1.807, 2.05) is 0 Å². The first-order valence-electron chi connectivity index (χ1n) is 19.1. The van der Waals surface area contributed by atoms with Crippen molar-refractivity contribution in [2.24, 2.45) is 15.0 Å². The lowest BCUT2D eigenvalue weighted by Crippen LogP contribution is -2.69. The minimum Gasteiger partial charge on any atom is -0.508 e. The summed E-state index contributed by atoms with van der Waals surface area (Å²) in [6.45, 7) is -0.0873. The predicted octanol–water partition coefficient (Wildman–Crippen LogP) is 3.22. The number of phenols is 2. The molecule has 18 heteroatoms. The molecule has 3 aromatic rings. The summed E-state index contributed by atoms with van der Waals surface area (Å²) in [6.07, 6.45) is -2.95. The number of carbonyl (C=O) groups is 1. The summed E-state index contributed by atoms with van der Waals surface area (Å²) in [6, 6.07) is 14.2. The van der Waals surface area contributed by atoms with Gasteiger partial charge < -0.3 is 64.5 Å². The maximum Gasteiger partial charge on any atom is 0.336 e. The largest absolute Gasteiger partial charge is 0.508 e. The number of aliphatic hydroxyl groups is 5. The zero-order valence-electron chi connectivity index (χ0n) is 31.8. The fourth-order valence-electron chi connectivity index (χ4n) is 8.01. The fourth-order valence-corrected chi connectivity index (χ4v) is 8.01. The summed E-state index contributed by atoms with van der Waals surface area (Å²) in [5.74, 6) is -3.13. The van der Waals surface area contributed by atoms with Crippen molar-refractivity contribution < 1.29 is 69.3 Å². The lowest BCUT2D eigenvalue weighted by atomic mass is 9.80. The van der Waals surface area contributed by atoms with Crippen LogP contribution in [0.3, 0.4) is 0 Å². The third-order valence-corrected chi connectivity index (χ3v) is 11.1. The van der Waals surface area contributed by atoms with Gasteiger partial charge in [0.15, 0.2) is 17.6 Å². The van der Waals surface area contributed by atoms with E-state index in [2.05, 4.69) is 15.0 Å². The lowest BCUT2D eigenvalue weighted by molar-refractivity contribution is -0.303. The molecule has 0 spiro atoms. The van der Waals surface area contributed by atoms with E-state index in [0.717, 1.165) is 0 Å². The highest BCUT2D eigenvalue weighted by Gasteiger charge is 2.59. The van der Waals surface area contributed by atoms with Crippen LogP contribution in [0.15, 0.2) is 87.8 Å². The average molecular weight is 827 g/mol. The van der Waals surface area contributed by atoms with Gasteiger partial charge in [-0.05, 0) is 73.2 Å². The molecule has 60 heavy (non-hydrogen) atoms. The molecule has 314 valence electrons. The Morgan fingerprint density at radius 3 is 2.47 bits per heavy atom. The topological polar surface area (TPSA) is 286 Å². The van der Waals surface area contributed by atoms with Crippen LogP contribution in [0.25, 0.3) is 5.76 Å². The zero-order valence-corrected chi connectivity index (χ0v) is 31.8. The molecule has 1 saturated heterocycles. The molecule has 0 bridgehead atoms. The van der Waals surface area contributed by atoms with Crippen LogP contribution < -0.4 is 18.9 Å². The second-order valence-corrected chi connectivity index (χ2v) is 15.1. The first-order chi connectivity index (χ1) is 28.7. The number of carboxylic acid groups (broad SMARTS) is 1. The lowest BCUT2D eigenvalue weighted by Gasteiger charge is -2.46. The fraction of sp³-hybridized carbons (Fsp3) is 0.357. The number of fused-ring (bicyclic) bond motifs is 1. The number of phenolic OH excluding ortho intramolecular Hbond substituents is 2. The number of aromatic hydroxyl groups is 2. The van der Waals surface area contributed by atoms with Gasteiger partial charge in [0.25, 0.3) is 0 Å². The number of hydrogen-bond donors (Lipinski definition) is 9. The van der Waals surface area contributed by atoms with Gasteiger partial charge in [-0.2, -0.15) is 0 Å². The van der Waals surface area contributed by atoms with Crippen molar-refractivity contribution in [2.75, 3.05) is 13.2 Å². The molecule has 8 rings (SSSR count). The molecule has 7 atom stereocenters. The van der Waals surface area contributed by atoms with Crippen LogP contribution in [-0.4, -0.2) is 120 Å². The normalized spacial score (nSPS) is 27.0. The first kappa shape index (κ1) is 40.5. The van der Waals surface area contributed by atoms with Gasteiger partial charge in [-0.3, -0.25) is 10.4 Å². The summed E-state index contributed by atoms with van der Waals surface area (Å²) in [7, 11) is 0. The van der Waals surface area contributed by atoms with E-state index in [9.17, 15) is 45.6 Å². The number of aliphatic carboxylic acids is 1. The molecule has 9 N–H and O–H groups in total. The molecular weight excluding hydrogens is 784 g/mol. The molecule has 5 aliphatic rings.